The van der Waals surface area contributed by atoms with Gasteiger partial charge in [-0.3, -0.25) is 9.80 Å². The third kappa shape index (κ3) is 4.55. The molecule has 0 spiro atoms. The van der Waals surface area contributed by atoms with Crippen molar-refractivity contribution in [3.8, 4) is 0 Å². The lowest BCUT2D eigenvalue weighted by atomic mass is 10.0. The van der Waals surface area contributed by atoms with E-state index in [-0.39, 0.29) is 6.04 Å². The zero-order valence-corrected chi connectivity index (χ0v) is 13.9. The number of aliphatic hydroxyl groups excluding tert-OH is 1. The molecule has 2 aliphatic heterocycles. The molecule has 3 rings (SSSR count). The highest BCUT2D eigenvalue weighted by molar-refractivity contribution is 5.02. The van der Waals surface area contributed by atoms with Gasteiger partial charge in [0.1, 0.15) is 11.9 Å². The minimum Gasteiger partial charge on any atom is -0.467 e. The Balaban J connectivity index is 1.56. The van der Waals surface area contributed by atoms with Gasteiger partial charge < -0.3 is 19.0 Å². The van der Waals surface area contributed by atoms with E-state index in [4.69, 9.17) is 13.9 Å². The first-order valence-electron chi connectivity index (χ1n) is 8.59. The third-order valence-corrected chi connectivity index (χ3v) is 4.83. The summed E-state index contributed by atoms with van der Waals surface area (Å²) in [6, 6.07) is 4.30. The molecule has 0 aromatic carbocycles. The summed E-state index contributed by atoms with van der Waals surface area (Å²) in [6.45, 7) is 9.34. The van der Waals surface area contributed by atoms with Crippen LogP contribution in [0, 0.1) is 0 Å². The second kappa shape index (κ2) is 8.26. The summed E-state index contributed by atoms with van der Waals surface area (Å²) in [5.74, 6) is 0.636. The molecule has 0 saturated carbocycles. The Kier molecular flexibility index (Phi) is 6.08. The molecule has 1 N–H and O–H groups in total. The van der Waals surface area contributed by atoms with Crippen molar-refractivity contribution in [3.63, 3.8) is 0 Å². The summed E-state index contributed by atoms with van der Waals surface area (Å²) in [4.78, 5) is 4.94. The van der Waals surface area contributed by atoms with Crippen molar-refractivity contribution < 1.29 is 19.0 Å². The van der Waals surface area contributed by atoms with Gasteiger partial charge in [0.15, 0.2) is 0 Å². The third-order valence-electron chi connectivity index (χ3n) is 4.83. The highest BCUT2D eigenvalue weighted by Gasteiger charge is 2.30. The van der Waals surface area contributed by atoms with Gasteiger partial charge in [-0.1, -0.05) is 0 Å². The van der Waals surface area contributed by atoms with Gasteiger partial charge in [0.2, 0.25) is 0 Å². The molecule has 1 aromatic rings. The van der Waals surface area contributed by atoms with E-state index in [0.717, 1.165) is 46.0 Å². The molecular formula is C17H28N2O4. The van der Waals surface area contributed by atoms with Crippen molar-refractivity contribution in [3.05, 3.63) is 24.2 Å². The maximum atomic E-state index is 10.4. The number of aliphatic hydroxyl groups is 1. The molecule has 3 atom stereocenters. The monoisotopic (exact) mass is 324 g/mol. The number of hydrogen-bond donors (Lipinski definition) is 1. The summed E-state index contributed by atoms with van der Waals surface area (Å²) >= 11 is 0. The fourth-order valence-corrected chi connectivity index (χ4v) is 3.57. The average molecular weight is 324 g/mol. The van der Waals surface area contributed by atoms with Crippen LogP contribution in [0.4, 0.5) is 0 Å². The van der Waals surface area contributed by atoms with Gasteiger partial charge in [-0.25, -0.2) is 0 Å². The van der Waals surface area contributed by atoms with Crippen LogP contribution >= 0.6 is 0 Å². The van der Waals surface area contributed by atoms with E-state index < -0.39 is 6.10 Å². The molecule has 23 heavy (non-hydrogen) atoms. The molecule has 1 aromatic heterocycles. The normalized spacial score (nSPS) is 27.0. The van der Waals surface area contributed by atoms with Crippen LogP contribution in [0.1, 0.15) is 25.2 Å². The fraction of sp³-hybridized carbons (Fsp3) is 0.765. The lowest BCUT2D eigenvalue weighted by molar-refractivity contribution is -0.0545. The first-order valence-corrected chi connectivity index (χ1v) is 8.59. The van der Waals surface area contributed by atoms with Crippen LogP contribution in [-0.2, 0) is 9.47 Å². The maximum absolute atomic E-state index is 10.4. The van der Waals surface area contributed by atoms with Gasteiger partial charge in [0.25, 0.3) is 0 Å². The van der Waals surface area contributed by atoms with Crippen LogP contribution in [-0.4, -0.2) is 79.6 Å². The smallest absolute Gasteiger partial charge is 0.132 e. The molecule has 3 heterocycles. The molecule has 0 aliphatic carbocycles. The Bertz CT molecular complexity index is 447. The number of morpholine rings is 2. The molecule has 130 valence electrons. The summed E-state index contributed by atoms with van der Waals surface area (Å²) in [5, 5.41) is 10.4. The van der Waals surface area contributed by atoms with Gasteiger partial charge in [0, 0.05) is 38.3 Å². The zero-order chi connectivity index (χ0) is 16.1. The maximum Gasteiger partial charge on any atom is 0.132 e. The lowest BCUT2D eigenvalue weighted by Crippen LogP contribution is -2.54. The van der Waals surface area contributed by atoms with E-state index in [9.17, 15) is 5.11 Å². The van der Waals surface area contributed by atoms with Crippen molar-refractivity contribution in [2.24, 2.45) is 0 Å². The number of hydrogen-bond acceptors (Lipinski definition) is 6. The average Bonchev–Trinajstić information content (AvgIpc) is 3.11. The highest BCUT2D eigenvalue weighted by atomic mass is 16.5. The number of nitrogens with zero attached hydrogens (tertiary/aromatic N) is 2. The highest BCUT2D eigenvalue weighted by Crippen LogP contribution is 2.24. The van der Waals surface area contributed by atoms with Gasteiger partial charge in [0.05, 0.1) is 32.7 Å². The molecule has 2 fully saturated rings. The Labute approximate surface area is 137 Å². The van der Waals surface area contributed by atoms with E-state index in [1.807, 2.05) is 12.1 Å². The second-order valence-corrected chi connectivity index (χ2v) is 6.50. The fourth-order valence-electron chi connectivity index (χ4n) is 3.57. The van der Waals surface area contributed by atoms with Crippen molar-refractivity contribution in [2.75, 3.05) is 52.6 Å². The Morgan fingerprint density at radius 3 is 2.74 bits per heavy atom. The first kappa shape index (κ1) is 16.9. The number of furan rings is 1. The topological polar surface area (TPSA) is 58.3 Å². The van der Waals surface area contributed by atoms with E-state index in [1.165, 1.54) is 0 Å². The van der Waals surface area contributed by atoms with Crippen LogP contribution in [0.25, 0.3) is 0 Å². The molecule has 2 aliphatic rings. The molecule has 2 saturated heterocycles. The van der Waals surface area contributed by atoms with Crippen molar-refractivity contribution >= 4 is 0 Å². The van der Waals surface area contributed by atoms with Crippen molar-refractivity contribution in [2.45, 2.75) is 31.5 Å². The van der Waals surface area contributed by atoms with E-state index >= 15 is 0 Å². The zero-order valence-electron chi connectivity index (χ0n) is 13.9. The largest absolute Gasteiger partial charge is 0.467 e. The van der Waals surface area contributed by atoms with Crippen LogP contribution in [0.15, 0.2) is 22.8 Å². The van der Waals surface area contributed by atoms with Crippen LogP contribution in [0.2, 0.25) is 0 Å². The quantitative estimate of drug-likeness (QED) is 0.846. The van der Waals surface area contributed by atoms with Crippen LogP contribution < -0.4 is 0 Å². The lowest BCUT2D eigenvalue weighted by Gasteiger charge is -2.42. The minimum absolute atomic E-state index is 0.222. The van der Waals surface area contributed by atoms with Crippen molar-refractivity contribution in [1.82, 2.24) is 9.80 Å². The second-order valence-electron chi connectivity index (χ2n) is 6.50. The van der Waals surface area contributed by atoms with Crippen LogP contribution in [0.3, 0.4) is 0 Å². The molecule has 3 unspecified atom stereocenters. The summed E-state index contributed by atoms with van der Waals surface area (Å²) < 4.78 is 16.4. The molecule has 0 bridgehead atoms. The number of rotatable bonds is 6. The minimum atomic E-state index is -0.574. The van der Waals surface area contributed by atoms with Gasteiger partial charge in [-0.05, 0) is 25.5 Å². The van der Waals surface area contributed by atoms with Crippen LogP contribution in [0.5, 0.6) is 0 Å². The first-order chi connectivity index (χ1) is 11.2. The number of ether oxygens (including phenoxy) is 2. The Hall–Kier alpha value is -0.920. The summed E-state index contributed by atoms with van der Waals surface area (Å²) in [5.41, 5.74) is 0. The Morgan fingerprint density at radius 1 is 1.22 bits per heavy atom. The molecule has 0 amide bonds. The Morgan fingerprint density at radius 2 is 2.00 bits per heavy atom. The summed E-state index contributed by atoms with van der Waals surface area (Å²) in [6.07, 6.45) is 1.67. The van der Waals surface area contributed by atoms with Gasteiger partial charge >= 0.3 is 0 Å². The van der Waals surface area contributed by atoms with E-state index in [2.05, 4.69) is 16.7 Å². The van der Waals surface area contributed by atoms with Gasteiger partial charge in [-0.15, -0.1) is 0 Å². The molecule has 6 nitrogen and oxygen atoms in total. The van der Waals surface area contributed by atoms with E-state index in [0.29, 0.717) is 24.8 Å². The molecule has 0 radical (unpaired) electrons. The molecule has 6 heteroatoms. The van der Waals surface area contributed by atoms with Gasteiger partial charge in [-0.2, -0.15) is 0 Å². The molecular weight excluding hydrogens is 296 g/mol. The predicted molar refractivity (Wildman–Crippen MR) is 86.3 cm³/mol. The SMILES string of the molecule is CC(CN1CCOCC1)N1CCOCC1CC(O)c1ccco1. The summed E-state index contributed by atoms with van der Waals surface area (Å²) in [7, 11) is 0. The predicted octanol–water partition coefficient (Wildman–Crippen LogP) is 1.12. The van der Waals surface area contributed by atoms with E-state index in [1.54, 1.807) is 6.26 Å². The van der Waals surface area contributed by atoms with Crippen molar-refractivity contribution in [1.29, 1.82) is 0 Å². The standard InChI is InChI=1S/C17H28N2O4/c1-14(12-18-4-8-21-9-5-18)19-6-10-22-13-15(19)11-16(20)17-3-2-7-23-17/h2-3,7,14-16,20H,4-6,8-13H2,1H3.